The number of carbonyl (C=O) groups excluding carboxylic acids is 1. The van der Waals surface area contributed by atoms with Crippen molar-refractivity contribution in [2.24, 2.45) is 0 Å². The molecule has 0 radical (unpaired) electrons. The first-order valence-corrected chi connectivity index (χ1v) is 11.2. The van der Waals surface area contributed by atoms with E-state index < -0.39 is 17.7 Å². The molecule has 1 aliphatic rings. The quantitative estimate of drug-likeness (QED) is 0.290. The van der Waals surface area contributed by atoms with Crippen LogP contribution in [0.2, 0.25) is 0 Å². The maximum Gasteiger partial charge on any atom is 0.312 e. The van der Waals surface area contributed by atoms with Crippen LogP contribution in [0.1, 0.15) is 23.5 Å². The first kappa shape index (κ1) is 21.8. The lowest BCUT2D eigenvalue weighted by Gasteiger charge is -2.25. The Morgan fingerprint density at radius 3 is 2.58 bits per heavy atom. The lowest BCUT2D eigenvalue weighted by molar-refractivity contribution is -0.135. The third-order valence-corrected chi connectivity index (χ3v) is 6.49. The summed E-state index contributed by atoms with van der Waals surface area (Å²) < 4.78 is 30.1. The third kappa shape index (κ3) is 3.46. The number of esters is 1. The fourth-order valence-corrected chi connectivity index (χ4v) is 4.74. The number of pyridine rings is 1. The van der Waals surface area contributed by atoms with E-state index in [-0.39, 0.29) is 39.7 Å². The summed E-state index contributed by atoms with van der Waals surface area (Å²) in [5.74, 6) is -0.771. The van der Waals surface area contributed by atoms with Gasteiger partial charge in [0, 0.05) is 27.9 Å². The van der Waals surface area contributed by atoms with E-state index in [1.807, 2.05) is 0 Å². The molecular formula is C28H18FNO6. The van der Waals surface area contributed by atoms with Crippen LogP contribution in [0, 0.1) is 5.82 Å². The van der Waals surface area contributed by atoms with E-state index in [1.165, 1.54) is 42.7 Å². The van der Waals surface area contributed by atoms with Crippen LogP contribution in [-0.4, -0.2) is 18.1 Å². The van der Waals surface area contributed by atoms with Gasteiger partial charge in [-0.05, 0) is 54.1 Å². The lowest BCUT2D eigenvalue weighted by atomic mass is 9.85. The highest BCUT2D eigenvalue weighted by Gasteiger charge is 2.34. The van der Waals surface area contributed by atoms with Crippen molar-refractivity contribution in [1.82, 2.24) is 4.98 Å². The highest BCUT2D eigenvalue weighted by Crippen LogP contribution is 2.42. The van der Waals surface area contributed by atoms with Crippen LogP contribution >= 0.6 is 0 Å². The smallest absolute Gasteiger partial charge is 0.312 e. The molecule has 3 heterocycles. The monoisotopic (exact) mass is 483 g/mol. The summed E-state index contributed by atoms with van der Waals surface area (Å²) >= 11 is 0. The Hall–Kier alpha value is -4.72. The number of nitrogens with one attached hydrogen (secondary N) is 1. The van der Waals surface area contributed by atoms with Crippen LogP contribution in [0.3, 0.4) is 0 Å². The minimum atomic E-state index is -0.705. The van der Waals surface area contributed by atoms with Crippen LogP contribution in [0.5, 0.6) is 11.5 Å². The second-order valence-corrected chi connectivity index (χ2v) is 8.58. The molecule has 7 nitrogen and oxygen atoms in total. The number of hydrogen-bond donors (Lipinski definition) is 1. The number of fused-ring (bicyclic) bond motifs is 4. The maximum absolute atomic E-state index is 13.4. The number of aromatic amines is 1. The molecule has 1 N–H and O–H groups in total. The lowest BCUT2D eigenvalue weighted by Crippen LogP contribution is -2.26. The molecule has 1 aliphatic heterocycles. The molecule has 0 amide bonds. The van der Waals surface area contributed by atoms with Gasteiger partial charge in [0.2, 0.25) is 5.43 Å². The number of benzene rings is 3. The van der Waals surface area contributed by atoms with Gasteiger partial charge >= 0.3 is 5.97 Å². The molecule has 0 aliphatic carbocycles. The van der Waals surface area contributed by atoms with Gasteiger partial charge in [-0.2, -0.15) is 0 Å². The van der Waals surface area contributed by atoms with Crippen molar-refractivity contribution in [1.29, 1.82) is 0 Å². The molecule has 0 saturated heterocycles. The average molecular weight is 483 g/mol. The Kier molecular flexibility index (Phi) is 4.96. The normalized spacial score (nSPS) is 15.1. The molecule has 0 bridgehead atoms. The summed E-state index contributed by atoms with van der Waals surface area (Å²) in [7, 11) is 1.55. The summed E-state index contributed by atoms with van der Waals surface area (Å²) in [4.78, 5) is 41.8. The van der Waals surface area contributed by atoms with E-state index in [0.29, 0.717) is 28.0 Å². The van der Waals surface area contributed by atoms with Gasteiger partial charge in [-0.25, -0.2) is 4.39 Å². The van der Waals surface area contributed by atoms with Crippen LogP contribution < -0.4 is 20.5 Å². The molecule has 0 saturated carbocycles. The van der Waals surface area contributed by atoms with Gasteiger partial charge in [-0.3, -0.25) is 14.4 Å². The molecule has 2 aromatic heterocycles. The molecule has 6 rings (SSSR count). The van der Waals surface area contributed by atoms with Gasteiger partial charge in [0.15, 0.2) is 0 Å². The summed E-state index contributed by atoms with van der Waals surface area (Å²) in [6.07, 6.45) is 1.20. The average Bonchev–Trinajstić information content (AvgIpc) is 2.88. The molecule has 36 heavy (non-hydrogen) atoms. The summed E-state index contributed by atoms with van der Waals surface area (Å²) in [5, 5.41) is 0.988. The summed E-state index contributed by atoms with van der Waals surface area (Å²) in [6, 6.07) is 15.6. The van der Waals surface area contributed by atoms with E-state index in [0.717, 1.165) is 5.39 Å². The van der Waals surface area contributed by atoms with E-state index in [1.54, 1.807) is 31.4 Å². The fourth-order valence-electron chi connectivity index (χ4n) is 4.74. The number of hydrogen-bond acceptors (Lipinski definition) is 6. The van der Waals surface area contributed by atoms with Gasteiger partial charge in [-0.1, -0.05) is 12.1 Å². The molecule has 0 spiro atoms. The minimum absolute atomic E-state index is 0.103. The first-order valence-electron chi connectivity index (χ1n) is 11.2. The van der Waals surface area contributed by atoms with Crippen molar-refractivity contribution in [2.45, 2.75) is 12.3 Å². The highest BCUT2D eigenvalue weighted by molar-refractivity contribution is 5.90. The number of rotatable bonds is 3. The van der Waals surface area contributed by atoms with E-state index >= 15 is 0 Å². The largest absolute Gasteiger partial charge is 0.497 e. The molecule has 1 atom stereocenters. The third-order valence-electron chi connectivity index (χ3n) is 6.49. The van der Waals surface area contributed by atoms with Crippen LogP contribution in [0.4, 0.5) is 4.39 Å². The number of aromatic nitrogens is 1. The number of H-pyrrole nitrogens is 1. The van der Waals surface area contributed by atoms with Gasteiger partial charge in [0.25, 0.3) is 5.56 Å². The van der Waals surface area contributed by atoms with Crippen molar-refractivity contribution in [3.05, 3.63) is 104 Å². The molecule has 5 aromatic rings. The maximum atomic E-state index is 13.4. The van der Waals surface area contributed by atoms with Crippen LogP contribution in [0.25, 0.3) is 33.0 Å². The fraction of sp³-hybridized carbons (Fsp3) is 0.107. The Bertz CT molecular complexity index is 1800. The van der Waals surface area contributed by atoms with Gasteiger partial charge in [0.05, 0.1) is 24.5 Å². The second-order valence-electron chi connectivity index (χ2n) is 8.58. The zero-order valence-corrected chi connectivity index (χ0v) is 19.0. The molecule has 178 valence electrons. The van der Waals surface area contributed by atoms with E-state index in [9.17, 15) is 18.8 Å². The van der Waals surface area contributed by atoms with Crippen molar-refractivity contribution < 1.29 is 23.1 Å². The van der Waals surface area contributed by atoms with Crippen LogP contribution in [-0.2, 0) is 4.79 Å². The number of carbonyl (C=O) groups is 1. The Morgan fingerprint density at radius 1 is 1.00 bits per heavy atom. The summed E-state index contributed by atoms with van der Waals surface area (Å²) in [5.41, 5.74) is 1.73. The van der Waals surface area contributed by atoms with Crippen LogP contribution in [0.15, 0.2) is 80.9 Å². The standard InChI is InChI=1S/C28H18FNO6/c1-34-17-6-8-22-15(10-17)11-20(28(33)30-22)19-12-24(31)36-23-9-7-18-26(32)21(13-35-27(18)25(19)23)14-2-4-16(29)5-3-14/h2-11,13,19H,12H2,1H3,(H,30,33). The molecular weight excluding hydrogens is 465 g/mol. The second kappa shape index (κ2) is 8.20. The van der Waals surface area contributed by atoms with E-state index in [2.05, 4.69) is 4.98 Å². The Balaban J connectivity index is 1.58. The summed E-state index contributed by atoms with van der Waals surface area (Å²) in [6.45, 7) is 0. The van der Waals surface area contributed by atoms with Crippen molar-refractivity contribution in [3.8, 4) is 22.6 Å². The number of ether oxygens (including phenoxy) is 2. The predicted octanol–water partition coefficient (Wildman–Crippen LogP) is 4.89. The topological polar surface area (TPSA) is 98.6 Å². The van der Waals surface area contributed by atoms with Gasteiger partial charge in [0.1, 0.15) is 29.2 Å². The molecule has 3 aromatic carbocycles. The molecule has 8 heteroatoms. The zero-order chi connectivity index (χ0) is 25.0. The Morgan fingerprint density at radius 2 is 1.81 bits per heavy atom. The van der Waals surface area contributed by atoms with Crippen molar-refractivity contribution >= 4 is 27.8 Å². The van der Waals surface area contributed by atoms with E-state index in [4.69, 9.17) is 13.9 Å². The molecule has 0 fully saturated rings. The predicted molar refractivity (Wildman–Crippen MR) is 131 cm³/mol. The van der Waals surface area contributed by atoms with Gasteiger partial charge in [-0.15, -0.1) is 0 Å². The first-order chi connectivity index (χ1) is 17.4. The number of methoxy groups -OCH3 is 1. The van der Waals surface area contributed by atoms with Gasteiger partial charge < -0.3 is 18.9 Å². The number of halogens is 1. The highest BCUT2D eigenvalue weighted by atomic mass is 19.1. The molecule has 1 unspecified atom stereocenters. The Labute approximate surface area is 202 Å². The van der Waals surface area contributed by atoms with Crippen molar-refractivity contribution in [2.75, 3.05) is 7.11 Å². The SMILES string of the molecule is COc1ccc2[nH]c(=O)c(C3CC(=O)Oc4ccc5c(=O)c(-c6ccc(F)cc6)coc5c43)cc2c1. The zero-order valence-electron chi connectivity index (χ0n) is 19.0. The minimum Gasteiger partial charge on any atom is -0.497 e. The van der Waals surface area contributed by atoms with Crippen molar-refractivity contribution in [3.63, 3.8) is 0 Å².